The van der Waals surface area contributed by atoms with Gasteiger partial charge in [0.05, 0.1) is 18.2 Å². The van der Waals surface area contributed by atoms with Crippen molar-refractivity contribution < 1.29 is 14.2 Å². The number of benzene rings is 2. The molecule has 0 aliphatic rings. The lowest BCUT2D eigenvalue weighted by Crippen LogP contribution is -2.37. The zero-order valence-electron chi connectivity index (χ0n) is 19.1. The third kappa shape index (κ3) is 6.40. The highest BCUT2D eigenvalue weighted by Crippen LogP contribution is 2.25. The van der Waals surface area contributed by atoms with Gasteiger partial charge in [-0.25, -0.2) is 0 Å². The number of nitrogens with one attached hydrogen (secondary N) is 2. The van der Waals surface area contributed by atoms with Crippen LogP contribution in [0.5, 0.6) is 11.5 Å². The highest BCUT2D eigenvalue weighted by molar-refractivity contribution is 5.81. The van der Waals surface area contributed by atoms with Crippen LogP contribution in [0, 0.1) is 0 Å². The van der Waals surface area contributed by atoms with Gasteiger partial charge in [0, 0.05) is 51.5 Å². The number of hydrogen-bond donors (Lipinski definition) is 2. The number of rotatable bonds is 13. The van der Waals surface area contributed by atoms with Crippen molar-refractivity contribution in [2.45, 2.75) is 26.1 Å². The van der Waals surface area contributed by atoms with E-state index in [0.29, 0.717) is 44.2 Å². The fraction of sp³-hybridized carbons (Fsp3) is 0.400. The first-order valence-electron chi connectivity index (χ1n) is 11.0. The van der Waals surface area contributed by atoms with Gasteiger partial charge in [-0.1, -0.05) is 18.2 Å². The van der Waals surface area contributed by atoms with E-state index in [1.165, 1.54) is 0 Å². The number of methoxy groups -OCH3 is 1. The van der Waals surface area contributed by atoms with Gasteiger partial charge in [-0.05, 0) is 49.7 Å². The Morgan fingerprint density at radius 2 is 1.84 bits per heavy atom. The molecule has 0 saturated carbocycles. The minimum atomic E-state index is -0.0239. The first kappa shape index (κ1) is 23.9. The zero-order chi connectivity index (χ0) is 22.8. The Hall–Kier alpha value is -2.71. The van der Waals surface area contributed by atoms with E-state index in [4.69, 9.17) is 14.2 Å². The van der Waals surface area contributed by atoms with Crippen LogP contribution in [-0.2, 0) is 22.6 Å². The second kappa shape index (κ2) is 12.4. The van der Waals surface area contributed by atoms with Crippen molar-refractivity contribution >= 4 is 10.9 Å². The van der Waals surface area contributed by atoms with E-state index in [1.807, 2.05) is 68.6 Å². The van der Waals surface area contributed by atoms with Crippen LogP contribution < -0.4 is 20.9 Å². The highest BCUT2D eigenvalue weighted by atomic mass is 16.5. The van der Waals surface area contributed by atoms with E-state index in [1.54, 1.807) is 11.7 Å². The third-order valence-corrected chi connectivity index (χ3v) is 5.24. The first-order chi connectivity index (χ1) is 15.7. The molecular formula is C25H33N3O4. The van der Waals surface area contributed by atoms with Gasteiger partial charge < -0.3 is 29.4 Å². The molecule has 0 saturated heterocycles. The topological polar surface area (TPSA) is 73.8 Å². The quantitative estimate of drug-likeness (QED) is 0.399. The smallest absolute Gasteiger partial charge is 0.255 e. The fourth-order valence-electron chi connectivity index (χ4n) is 3.58. The van der Waals surface area contributed by atoms with Crippen molar-refractivity contribution in [3.63, 3.8) is 0 Å². The molecule has 1 unspecified atom stereocenters. The van der Waals surface area contributed by atoms with Gasteiger partial charge in [0.15, 0.2) is 0 Å². The second-order valence-corrected chi connectivity index (χ2v) is 7.51. The van der Waals surface area contributed by atoms with Crippen molar-refractivity contribution in [1.29, 1.82) is 0 Å². The predicted octanol–water partition coefficient (Wildman–Crippen LogP) is 3.15. The molecule has 32 heavy (non-hydrogen) atoms. The summed E-state index contributed by atoms with van der Waals surface area (Å²) in [6, 6.07) is 17.4. The van der Waals surface area contributed by atoms with Gasteiger partial charge in [-0.15, -0.1) is 0 Å². The summed E-state index contributed by atoms with van der Waals surface area (Å²) in [5.74, 6) is 1.44. The molecule has 0 bridgehead atoms. The Kier molecular flexibility index (Phi) is 9.25. The summed E-state index contributed by atoms with van der Waals surface area (Å²) in [4.78, 5) is 13.3. The zero-order valence-corrected chi connectivity index (χ0v) is 19.1. The minimum Gasteiger partial charge on any atom is -0.457 e. The second-order valence-electron chi connectivity index (χ2n) is 7.51. The van der Waals surface area contributed by atoms with E-state index in [9.17, 15) is 4.79 Å². The lowest BCUT2D eigenvalue weighted by Gasteiger charge is -2.17. The number of likely N-dealkylation sites (N-methyl/N-ethyl adjacent to an activating group) is 1. The number of aromatic nitrogens is 1. The third-order valence-electron chi connectivity index (χ3n) is 5.24. The molecule has 3 rings (SSSR count). The summed E-state index contributed by atoms with van der Waals surface area (Å²) in [6.07, 6.45) is 0.0401. The SMILES string of the molecule is CCOCCn1c(=O)c(CNCC(CNC)OC)cc2ccc(Oc3ccccc3)cc21. The Morgan fingerprint density at radius 1 is 1.03 bits per heavy atom. The normalized spacial score (nSPS) is 12.2. The first-order valence-corrected chi connectivity index (χ1v) is 11.0. The molecular weight excluding hydrogens is 406 g/mol. The van der Waals surface area contributed by atoms with E-state index in [2.05, 4.69) is 10.6 Å². The number of hydrogen-bond acceptors (Lipinski definition) is 6. The molecule has 0 spiro atoms. The minimum absolute atomic E-state index is 0.0239. The van der Waals surface area contributed by atoms with Gasteiger partial charge in [0.1, 0.15) is 11.5 Å². The average Bonchev–Trinajstić information content (AvgIpc) is 2.81. The standard InChI is InChI=1S/C25H33N3O4/c1-4-31-13-12-28-24-15-22(32-21-8-6-5-7-9-21)11-10-19(24)14-20(25(28)29)16-27-18-23(30-3)17-26-2/h5-11,14-15,23,26-27H,4,12-13,16-18H2,1-3H3. The fourth-order valence-corrected chi connectivity index (χ4v) is 3.58. The summed E-state index contributed by atoms with van der Waals surface area (Å²) in [5, 5.41) is 7.44. The van der Waals surface area contributed by atoms with Gasteiger partial charge in [-0.2, -0.15) is 0 Å². The van der Waals surface area contributed by atoms with Crippen LogP contribution >= 0.6 is 0 Å². The molecule has 0 aliphatic carbocycles. The van der Waals surface area contributed by atoms with E-state index in [0.717, 1.165) is 23.2 Å². The largest absolute Gasteiger partial charge is 0.457 e. The summed E-state index contributed by atoms with van der Waals surface area (Å²) < 4.78 is 18.7. The summed E-state index contributed by atoms with van der Waals surface area (Å²) in [6.45, 7) is 5.37. The molecule has 0 radical (unpaired) electrons. The number of ether oxygens (including phenoxy) is 3. The molecule has 1 aromatic heterocycles. The lowest BCUT2D eigenvalue weighted by molar-refractivity contribution is 0.102. The van der Waals surface area contributed by atoms with Crippen molar-refractivity contribution in [2.24, 2.45) is 0 Å². The van der Waals surface area contributed by atoms with Crippen LogP contribution in [0.1, 0.15) is 12.5 Å². The Bertz CT molecular complexity index is 1040. The molecule has 3 aromatic rings. The molecule has 0 fully saturated rings. The number of fused-ring (bicyclic) bond motifs is 1. The van der Waals surface area contributed by atoms with E-state index in [-0.39, 0.29) is 11.7 Å². The predicted molar refractivity (Wildman–Crippen MR) is 128 cm³/mol. The molecule has 1 atom stereocenters. The van der Waals surface area contributed by atoms with Crippen LogP contribution in [-0.4, -0.2) is 51.1 Å². The maximum atomic E-state index is 13.3. The molecule has 2 N–H and O–H groups in total. The van der Waals surface area contributed by atoms with Gasteiger partial charge in [-0.3, -0.25) is 4.79 Å². The van der Waals surface area contributed by atoms with Crippen LogP contribution in [0.4, 0.5) is 0 Å². The molecule has 7 nitrogen and oxygen atoms in total. The molecule has 2 aromatic carbocycles. The van der Waals surface area contributed by atoms with Gasteiger partial charge in [0.25, 0.3) is 5.56 Å². The van der Waals surface area contributed by atoms with Crippen molar-refractivity contribution in [3.05, 3.63) is 70.5 Å². The Morgan fingerprint density at radius 3 is 2.56 bits per heavy atom. The number of para-hydroxylation sites is 1. The molecule has 7 heteroatoms. The number of nitrogens with zero attached hydrogens (tertiary/aromatic N) is 1. The summed E-state index contributed by atoms with van der Waals surface area (Å²) in [7, 11) is 3.58. The van der Waals surface area contributed by atoms with Crippen molar-refractivity contribution in [2.75, 3.05) is 40.5 Å². The lowest BCUT2D eigenvalue weighted by atomic mass is 10.1. The Labute approximate surface area is 189 Å². The van der Waals surface area contributed by atoms with Crippen LogP contribution in [0.3, 0.4) is 0 Å². The molecule has 0 amide bonds. The number of pyridine rings is 1. The summed E-state index contributed by atoms with van der Waals surface area (Å²) >= 11 is 0. The van der Waals surface area contributed by atoms with Gasteiger partial charge >= 0.3 is 0 Å². The van der Waals surface area contributed by atoms with Crippen molar-refractivity contribution in [3.8, 4) is 11.5 Å². The monoisotopic (exact) mass is 439 g/mol. The van der Waals surface area contributed by atoms with Crippen molar-refractivity contribution in [1.82, 2.24) is 15.2 Å². The van der Waals surface area contributed by atoms with E-state index >= 15 is 0 Å². The van der Waals surface area contributed by atoms with Gasteiger partial charge in [0.2, 0.25) is 0 Å². The maximum Gasteiger partial charge on any atom is 0.255 e. The van der Waals surface area contributed by atoms with Crippen LogP contribution in [0.25, 0.3) is 10.9 Å². The van der Waals surface area contributed by atoms with Crippen LogP contribution in [0.2, 0.25) is 0 Å². The van der Waals surface area contributed by atoms with E-state index < -0.39 is 0 Å². The molecule has 172 valence electrons. The molecule has 1 heterocycles. The Balaban J connectivity index is 1.88. The summed E-state index contributed by atoms with van der Waals surface area (Å²) in [5.41, 5.74) is 1.52. The van der Waals surface area contributed by atoms with Crippen LogP contribution in [0.15, 0.2) is 59.4 Å². The molecule has 0 aliphatic heterocycles. The highest BCUT2D eigenvalue weighted by Gasteiger charge is 2.12. The average molecular weight is 440 g/mol. The maximum absolute atomic E-state index is 13.3.